The van der Waals surface area contributed by atoms with Crippen LogP contribution in [0.3, 0.4) is 0 Å². The van der Waals surface area contributed by atoms with E-state index in [4.69, 9.17) is 0 Å². The number of phenolic OH excluding ortho intramolecular Hbond substituents is 1. The standard InChI is InChI=1S/C22H29N3O3/c1-17-3-2-4-19(15-17)25-13-11-24(12-14-25)10-9-22(28)23-16-21(27)18-5-7-20(26)8-6-18/h2-8,15,21,26-27H,9-14,16H2,1H3,(H,23,28). The van der Waals surface area contributed by atoms with E-state index in [9.17, 15) is 15.0 Å². The van der Waals surface area contributed by atoms with Gasteiger partial charge in [-0.05, 0) is 42.3 Å². The van der Waals surface area contributed by atoms with Crippen LogP contribution in [0.25, 0.3) is 0 Å². The second-order valence-electron chi connectivity index (χ2n) is 7.33. The fraction of sp³-hybridized carbons (Fsp3) is 0.409. The molecular weight excluding hydrogens is 354 g/mol. The van der Waals surface area contributed by atoms with Gasteiger partial charge in [-0.25, -0.2) is 0 Å². The Labute approximate surface area is 166 Å². The summed E-state index contributed by atoms with van der Waals surface area (Å²) in [5.74, 6) is 0.0985. The molecule has 1 unspecified atom stereocenters. The van der Waals surface area contributed by atoms with Crippen molar-refractivity contribution >= 4 is 11.6 Å². The number of aromatic hydroxyl groups is 1. The molecule has 2 aromatic rings. The van der Waals surface area contributed by atoms with Crippen LogP contribution in [0.4, 0.5) is 5.69 Å². The van der Waals surface area contributed by atoms with E-state index in [1.54, 1.807) is 12.1 Å². The van der Waals surface area contributed by atoms with Crippen LogP contribution in [-0.2, 0) is 4.79 Å². The highest BCUT2D eigenvalue weighted by Gasteiger charge is 2.18. The SMILES string of the molecule is Cc1cccc(N2CCN(CCC(=O)NCC(O)c3ccc(O)cc3)CC2)c1. The number of nitrogens with one attached hydrogen (secondary N) is 1. The summed E-state index contributed by atoms with van der Waals surface area (Å²) in [6, 6.07) is 14.9. The minimum absolute atomic E-state index is 0.0565. The Bertz CT molecular complexity index is 771. The molecule has 0 radical (unpaired) electrons. The second kappa shape index (κ2) is 9.57. The molecular formula is C22H29N3O3. The maximum Gasteiger partial charge on any atom is 0.221 e. The van der Waals surface area contributed by atoms with Crippen LogP contribution in [0.1, 0.15) is 23.7 Å². The Kier molecular flexibility index (Phi) is 6.90. The molecule has 2 aromatic carbocycles. The third kappa shape index (κ3) is 5.71. The van der Waals surface area contributed by atoms with Gasteiger partial charge in [-0.2, -0.15) is 0 Å². The van der Waals surface area contributed by atoms with Crippen molar-refractivity contribution in [2.24, 2.45) is 0 Å². The molecule has 1 fully saturated rings. The molecule has 0 spiro atoms. The average Bonchev–Trinajstić information content (AvgIpc) is 2.71. The summed E-state index contributed by atoms with van der Waals surface area (Å²) in [6.07, 6.45) is -0.352. The van der Waals surface area contributed by atoms with Gasteiger partial charge in [0.25, 0.3) is 0 Å². The fourth-order valence-electron chi connectivity index (χ4n) is 3.43. The van der Waals surface area contributed by atoms with Gasteiger partial charge in [0, 0.05) is 51.4 Å². The lowest BCUT2D eigenvalue weighted by atomic mass is 10.1. The number of anilines is 1. The number of carbonyl (C=O) groups excluding carboxylic acids is 1. The molecule has 1 amide bonds. The Balaban J connectivity index is 1.35. The minimum Gasteiger partial charge on any atom is -0.508 e. The van der Waals surface area contributed by atoms with Gasteiger partial charge >= 0.3 is 0 Å². The molecule has 1 atom stereocenters. The Hall–Kier alpha value is -2.57. The van der Waals surface area contributed by atoms with Crippen LogP contribution >= 0.6 is 0 Å². The van der Waals surface area contributed by atoms with Crippen molar-refractivity contribution < 1.29 is 15.0 Å². The number of nitrogens with zero attached hydrogens (tertiary/aromatic N) is 2. The Morgan fingerprint density at radius 2 is 1.82 bits per heavy atom. The average molecular weight is 383 g/mol. The Morgan fingerprint density at radius 1 is 1.11 bits per heavy atom. The molecule has 150 valence electrons. The summed E-state index contributed by atoms with van der Waals surface area (Å²) in [7, 11) is 0. The van der Waals surface area contributed by atoms with Gasteiger partial charge in [-0.1, -0.05) is 24.3 Å². The lowest BCUT2D eigenvalue weighted by Gasteiger charge is -2.36. The predicted molar refractivity (Wildman–Crippen MR) is 111 cm³/mol. The molecule has 3 N–H and O–H groups in total. The molecule has 0 aliphatic carbocycles. The van der Waals surface area contributed by atoms with Gasteiger partial charge in [-0.15, -0.1) is 0 Å². The number of benzene rings is 2. The van der Waals surface area contributed by atoms with Crippen molar-refractivity contribution in [3.8, 4) is 5.75 Å². The minimum atomic E-state index is -0.776. The van der Waals surface area contributed by atoms with Crippen LogP contribution in [0.2, 0.25) is 0 Å². The van der Waals surface area contributed by atoms with Crippen LogP contribution in [-0.4, -0.2) is 60.3 Å². The van der Waals surface area contributed by atoms with Gasteiger partial charge in [0.2, 0.25) is 5.91 Å². The number of piperazine rings is 1. The van der Waals surface area contributed by atoms with Crippen molar-refractivity contribution in [3.63, 3.8) is 0 Å². The van der Waals surface area contributed by atoms with Crippen LogP contribution in [0, 0.1) is 6.92 Å². The summed E-state index contributed by atoms with van der Waals surface area (Å²) in [5, 5.41) is 22.2. The second-order valence-corrected chi connectivity index (χ2v) is 7.33. The molecule has 0 bridgehead atoms. The smallest absolute Gasteiger partial charge is 0.221 e. The van der Waals surface area contributed by atoms with Gasteiger partial charge in [0.15, 0.2) is 0 Å². The van der Waals surface area contributed by atoms with E-state index in [-0.39, 0.29) is 18.2 Å². The van der Waals surface area contributed by atoms with Crippen molar-refractivity contribution in [1.29, 1.82) is 0 Å². The van der Waals surface area contributed by atoms with E-state index in [1.807, 2.05) is 0 Å². The van der Waals surface area contributed by atoms with Gasteiger partial charge in [-0.3, -0.25) is 9.69 Å². The summed E-state index contributed by atoms with van der Waals surface area (Å²) in [5.41, 5.74) is 3.21. The van der Waals surface area contributed by atoms with E-state index in [0.717, 1.165) is 32.7 Å². The largest absolute Gasteiger partial charge is 0.508 e. The highest BCUT2D eigenvalue weighted by Crippen LogP contribution is 2.18. The molecule has 6 heteroatoms. The van der Waals surface area contributed by atoms with E-state index < -0.39 is 6.10 Å². The van der Waals surface area contributed by atoms with E-state index >= 15 is 0 Å². The van der Waals surface area contributed by atoms with E-state index in [1.165, 1.54) is 23.4 Å². The topological polar surface area (TPSA) is 76.0 Å². The fourth-order valence-corrected chi connectivity index (χ4v) is 3.43. The first-order chi connectivity index (χ1) is 13.5. The molecule has 6 nitrogen and oxygen atoms in total. The third-order valence-corrected chi connectivity index (χ3v) is 5.16. The summed E-state index contributed by atoms with van der Waals surface area (Å²) < 4.78 is 0. The number of hydrogen-bond donors (Lipinski definition) is 3. The third-order valence-electron chi connectivity index (χ3n) is 5.16. The van der Waals surface area contributed by atoms with Gasteiger partial charge in [0.05, 0.1) is 6.10 Å². The van der Waals surface area contributed by atoms with Crippen molar-refractivity contribution in [2.75, 3.05) is 44.2 Å². The lowest BCUT2D eigenvalue weighted by Crippen LogP contribution is -2.47. The number of phenols is 1. The predicted octanol–water partition coefficient (Wildman–Crippen LogP) is 2.06. The maximum absolute atomic E-state index is 12.1. The molecule has 28 heavy (non-hydrogen) atoms. The lowest BCUT2D eigenvalue weighted by molar-refractivity contribution is -0.121. The first-order valence-electron chi connectivity index (χ1n) is 9.79. The van der Waals surface area contributed by atoms with Crippen LogP contribution < -0.4 is 10.2 Å². The van der Waals surface area contributed by atoms with Gasteiger partial charge < -0.3 is 20.4 Å². The van der Waals surface area contributed by atoms with E-state index in [2.05, 4.69) is 46.3 Å². The van der Waals surface area contributed by atoms with Crippen molar-refractivity contribution in [1.82, 2.24) is 10.2 Å². The van der Waals surface area contributed by atoms with Crippen LogP contribution in [0.5, 0.6) is 5.75 Å². The molecule has 1 heterocycles. The molecule has 0 saturated carbocycles. The molecule has 1 saturated heterocycles. The quantitative estimate of drug-likeness (QED) is 0.682. The first-order valence-corrected chi connectivity index (χ1v) is 9.79. The summed E-state index contributed by atoms with van der Waals surface area (Å²) in [6.45, 7) is 6.81. The first kappa shape index (κ1) is 20.2. The van der Waals surface area contributed by atoms with Crippen LogP contribution in [0.15, 0.2) is 48.5 Å². The summed E-state index contributed by atoms with van der Waals surface area (Å²) >= 11 is 0. The number of amides is 1. The van der Waals surface area contributed by atoms with E-state index in [0.29, 0.717) is 12.0 Å². The van der Waals surface area contributed by atoms with Gasteiger partial charge in [0.1, 0.15) is 5.75 Å². The highest BCUT2D eigenvalue weighted by molar-refractivity contribution is 5.76. The molecule has 3 rings (SSSR count). The number of aliphatic hydroxyl groups excluding tert-OH is 1. The molecule has 0 aromatic heterocycles. The van der Waals surface area contributed by atoms with Crippen molar-refractivity contribution in [3.05, 3.63) is 59.7 Å². The number of carbonyl (C=O) groups is 1. The summed E-state index contributed by atoms with van der Waals surface area (Å²) in [4.78, 5) is 16.8. The number of hydrogen-bond acceptors (Lipinski definition) is 5. The normalized spacial score (nSPS) is 16.0. The number of rotatable bonds is 7. The Morgan fingerprint density at radius 3 is 2.50 bits per heavy atom. The zero-order valence-corrected chi connectivity index (χ0v) is 16.3. The highest BCUT2D eigenvalue weighted by atomic mass is 16.3. The molecule has 1 aliphatic heterocycles. The molecule has 1 aliphatic rings. The number of aliphatic hydroxyl groups is 1. The monoisotopic (exact) mass is 383 g/mol. The zero-order valence-electron chi connectivity index (χ0n) is 16.3. The zero-order chi connectivity index (χ0) is 19.9. The number of aryl methyl sites for hydroxylation is 1. The van der Waals surface area contributed by atoms with Crippen molar-refractivity contribution in [2.45, 2.75) is 19.4 Å². The maximum atomic E-state index is 12.1.